The zero-order valence-corrected chi connectivity index (χ0v) is 25.0. The molecule has 0 amide bonds. The average Bonchev–Trinajstić information content (AvgIpc) is 3.29. The molecule has 0 unspecified atom stereocenters. The molecule has 0 spiro atoms. The Labute approximate surface area is 244 Å². The van der Waals surface area contributed by atoms with Crippen molar-refractivity contribution in [1.82, 2.24) is 29.4 Å². The Hall–Kier alpha value is -3.34. The van der Waals surface area contributed by atoms with Crippen molar-refractivity contribution < 1.29 is 28.4 Å². The second-order valence-corrected chi connectivity index (χ2v) is 11.8. The number of nitrogens with zero attached hydrogens (tertiary/aromatic N) is 5. The predicted octanol–water partition coefficient (Wildman–Crippen LogP) is 2.18. The number of aromatic nitrogens is 3. The quantitative estimate of drug-likeness (QED) is 0.0923. The summed E-state index contributed by atoms with van der Waals surface area (Å²) in [6.07, 6.45) is 3.42. The van der Waals surface area contributed by atoms with Gasteiger partial charge in [-0.15, -0.1) is 0 Å². The number of oxime groups is 1. The maximum atomic E-state index is 13.7. The molecule has 1 aliphatic heterocycles. The van der Waals surface area contributed by atoms with E-state index in [1.165, 1.54) is 22.7 Å². The Morgan fingerprint density at radius 2 is 1.90 bits per heavy atom. The number of aryl methyl sites for hydroxylation is 2. The lowest BCUT2D eigenvalue weighted by Gasteiger charge is -2.33. The third kappa shape index (κ3) is 6.50. The summed E-state index contributed by atoms with van der Waals surface area (Å²) in [6, 6.07) is 4.62. The van der Waals surface area contributed by atoms with Gasteiger partial charge in [0.25, 0.3) is 5.56 Å². The molecule has 3 aromatic rings. The van der Waals surface area contributed by atoms with Crippen LogP contribution in [0.15, 0.2) is 33.0 Å². The summed E-state index contributed by atoms with van der Waals surface area (Å²) >= 11 is 0. The molecule has 0 radical (unpaired) electrons. The molecule has 1 aromatic carbocycles. The number of H-pyrrole nitrogens is 1. The molecule has 15 heteroatoms. The molecule has 0 saturated carbocycles. The van der Waals surface area contributed by atoms with Gasteiger partial charge in [-0.1, -0.05) is 31.1 Å². The maximum absolute atomic E-state index is 13.7. The number of aromatic amines is 1. The van der Waals surface area contributed by atoms with Crippen molar-refractivity contribution in [3.63, 3.8) is 0 Å². The van der Waals surface area contributed by atoms with Crippen LogP contribution in [0.3, 0.4) is 0 Å². The second kappa shape index (κ2) is 14.2. The Balaban J connectivity index is 1.78. The van der Waals surface area contributed by atoms with Crippen LogP contribution >= 0.6 is 0 Å². The summed E-state index contributed by atoms with van der Waals surface area (Å²) in [7, 11) is -3.86. The van der Waals surface area contributed by atoms with Crippen LogP contribution < -0.4 is 15.9 Å². The zero-order chi connectivity index (χ0) is 30.3. The van der Waals surface area contributed by atoms with Crippen molar-refractivity contribution in [2.75, 3.05) is 45.9 Å². The minimum absolute atomic E-state index is 0.0679. The van der Waals surface area contributed by atoms with Gasteiger partial charge in [-0.25, -0.2) is 13.4 Å². The van der Waals surface area contributed by atoms with Crippen LogP contribution in [0, 0.1) is 0 Å². The Kier molecular flexibility index (Phi) is 10.7. The van der Waals surface area contributed by atoms with Crippen molar-refractivity contribution in [2.24, 2.45) is 5.16 Å². The van der Waals surface area contributed by atoms with Crippen molar-refractivity contribution in [1.29, 1.82) is 0 Å². The highest BCUT2D eigenvalue weighted by Crippen LogP contribution is 2.33. The molecule has 1 fully saturated rings. The molecule has 2 aromatic heterocycles. The molecular formula is C27H39N7O7S. The number of ether oxygens (including phenoxy) is 1. The third-order valence-electron chi connectivity index (χ3n) is 7.26. The normalized spacial score (nSPS) is 15.2. The summed E-state index contributed by atoms with van der Waals surface area (Å²) < 4.78 is 36.6. The second-order valence-electron chi connectivity index (χ2n) is 9.91. The first-order valence-electron chi connectivity index (χ1n) is 14.1. The van der Waals surface area contributed by atoms with Gasteiger partial charge in [0, 0.05) is 44.8 Å². The van der Waals surface area contributed by atoms with Gasteiger partial charge in [0.1, 0.15) is 22.6 Å². The van der Waals surface area contributed by atoms with Crippen LogP contribution in [-0.4, -0.2) is 94.7 Å². The fourth-order valence-electron chi connectivity index (χ4n) is 5.24. The fraction of sp³-hybridized carbons (Fsp3) is 0.519. The lowest BCUT2D eigenvalue weighted by Crippen LogP contribution is -2.49. The van der Waals surface area contributed by atoms with E-state index in [0.717, 1.165) is 18.4 Å². The Morgan fingerprint density at radius 3 is 2.55 bits per heavy atom. The number of hydrogen-bond acceptors (Lipinski definition) is 11. The van der Waals surface area contributed by atoms with Gasteiger partial charge in [-0.3, -0.25) is 19.7 Å². The Bertz CT molecular complexity index is 1560. The molecule has 3 heterocycles. The van der Waals surface area contributed by atoms with E-state index in [1.54, 1.807) is 16.3 Å². The van der Waals surface area contributed by atoms with Crippen LogP contribution in [0.25, 0.3) is 22.4 Å². The van der Waals surface area contributed by atoms with Crippen LogP contribution in [0.5, 0.6) is 5.75 Å². The van der Waals surface area contributed by atoms with Crippen LogP contribution in [0.2, 0.25) is 0 Å². The van der Waals surface area contributed by atoms with E-state index in [4.69, 9.17) is 19.8 Å². The van der Waals surface area contributed by atoms with E-state index < -0.39 is 15.6 Å². The zero-order valence-electron chi connectivity index (χ0n) is 24.2. The molecule has 1 saturated heterocycles. The topological polar surface area (TPSA) is 175 Å². The van der Waals surface area contributed by atoms with E-state index in [2.05, 4.69) is 10.1 Å². The molecular weight excluding hydrogens is 566 g/mol. The molecule has 4 N–H and O–H groups in total. The van der Waals surface area contributed by atoms with Crippen LogP contribution in [0.4, 0.5) is 0 Å². The Morgan fingerprint density at radius 1 is 1.14 bits per heavy atom. The van der Waals surface area contributed by atoms with E-state index in [-0.39, 0.29) is 17.3 Å². The van der Waals surface area contributed by atoms with Gasteiger partial charge < -0.3 is 19.5 Å². The van der Waals surface area contributed by atoms with E-state index in [9.17, 15) is 18.4 Å². The van der Waals surface area contributed by atoms with Crippen molar-refractivity contribution in [3.05, 3.63) is 39.8 Å². The number of hydrogen-bond donors (Lipinski definition) is 4. The van der Waals surface area contributed by atoms with Gasteiger partial charge in [0.15, 0.2) is 0 Å². The first-order valence-corrected chi connectivity index (χ1v) is 15.6. The number of fused-ring (bicyclic) bond motifs is 1. The molecule has 1 aliphatic rings. The van der Waals surface area contributed by atoms with Crippen molar-refractivity contribution in [2.45, 2.75) is 51.5 Å². The van der Waals surface area contributed by atoms with E-state index in [0.29, 0.717) is 80.3 Å². The highest BCUT2D eigenvalue weighted by atomic mass is 32.2. The lowest BCUT2D eigenvalue weighted by atomic mass is 10.1. The largest absolute Gasteiger partial charge is 0.493 e. The predicted molar refractivity (Wildman–Crippen MR) is 157 cm³/mol. The summed E-state index contributed by atoms with van der Waals surface area (Å²) in [5.41, 5.74) is 3.82. The summed E-state index contributed by atoms with van der Waals surface area (Å²) in [4.78, 5) is 28.0. The highest BCUT2D eigenvalue weighted by Gasteiger charge is 2.30. The van der Waals surface area contributed by atoms with Crippen molar-refractivity contribution >= 4 is 27.3 Å². The van der Waals surface area contributed by atoms with E-state index >= 15 is 0 Å². The summed E-state index contributed by atoms with van der Waals surface area (Å²) in [5.74, 6) is 0.598. The monoisotopic (exact) mass is 605 g/mol. The van der Waals surface area contributed by atoms with Crippen LogP contribution in [-0.2, 0) is 27.8 Å². The number of rotatable bonds is 14. The number of nitrogens with one attached hydrogen (secondary N) is 2. The number of piperazine rings is 1. The molecule has 0 atom stereocenters. The minimum atomic E-state index is -3.86. The molecule has 14 nitrogen and oxygen atoms in total. The number of benzene rings is 1. The molecule has 0 aliphatic carbocycles. The standard InChI is InChI=1S/C27H39N7O7S/c1-4-7-20-22(18-28-36)34(6-3)25-24(20)29-26(30-27(25)35)21-17-19(8-9-23(21)40-15-5-2)42(38,39)33-12-10-32(11-13-33)14-16-41-31-37/h8-9,17-18,31,36-37H,4-7,10-16H2,1-3H3,(H,29,30,35)/b28-18+. The molecule has 230 valence electrons. The van der Waals surface area contributed by atoms with Gasteiger partial charge in [-0.05, 0) is 38.0 Å². The average molecular weight is 606 g/mol. The highest BCUT2D eigenvalue weighted by molar-refractivity contribution is 7.89. The lowest BCUT2D eigenvalue weighted by molar-refractivity contribution is -0.130. The van der Waals surface area contributed by atoms with Gasteiger partial charge in [-0.2, -0.15) is 4.31 Å². The third-order valence-corrected chi connectivity index (χ3v) is 9.15. The number of sulfonamides is 1. The minimum Gasteiger partial charge on any atom is -0.493 e. The van der Waals surface area contributed by atoms with Gasteiger partial charge in [0.2, 0.25) is 10.0 Å². The molecule has 42 heavy (non-hydrogen) atoms. The van der Waals surface area contributed by atoms with E-state index in [1.807, 2.05) is 25.7 Å². The summed E-state index contributed by atoms with van der Waals surface area (Å²) in [6.45, 7) is 9.13. The molecule has 4 rings (SSSR count). The summed E-state index contributed by atoms with van der Waals surface area (Å²) in [5, 5.41) is 21.1. The smallest absolute Gasteiger partial charge is 0.275 e. The maximum Gasteiger partial charge on any atom is 0.275 e. The first kappa shape index (κ1) is 31.6. The van der Waals surface area contributed by atoms with Gasteiger partial charge >= 0.3 is 0 Å². The SMILES string of the molecule is CCCOc1ccc(S(=O)(=O)N2CCN(CCONO)CC2)cc1-c1nc2c(CCC)c(/C=N/O)n(CC)c2c(=O)[nH]1. The first-order chi connectivity index (χ1) is 20.3. The van der Waals surface area contributed by atoms with Gasteiger partial charge in [0.05, 0.1) is 35.6 Å². The van der Waals surface area contributed by atoms with Crippen molar-refractivity contribution in [3.8, 4) is 17.1 Å². The fourth-order valence-corrected chi connectivity index (χ4v) is 6.69. The molecule has 0 bridgehead atoms. The van der Waals surface area contributed by atoms with Crippen LogP contribution in [0.1, 0.15) is 44.9 Å².